The van der Waals surface area contributed by atoms with E-state index in [4.69, 9.17) is 0 Å². The van der Waals surface area contributed by atoms with Crippen molar-refractivity contribution in [2.75, 3.05) is 6.54 Å². The first kappa shape index (κ1) is 11.8. The normalized spacial score (nSPS) is 23.8. The third kappa shape index (κ3) is 2.42. The summed E-state index contributed by atoms with van der Waals surface area (Å²) in [6, 6.07) is 8.39. The molecular formula is C15H20N2O. The topological polar surface area (TPSA) is 48.0 Å². The maximum Gasteiger partial charge on any atom is 0.0543 e. The Bertz CT molecular complexity index is 520. The third-order valence-electron chi connectivity index (χ3n) is 3.94. The Labute approximate surface area is 107 Å². The first-order valence-electron chi connectivity index (χ1n) is 6.76. The largest absolute Gasteiger partial charge is 0.393 e. The number of aromatic amines is 1. The van der Waals surface area contributed by atoms with Crippen LogP contribution in [-0.4, -0.2) is 22.7 Å². The highest BCUT2D eigenvalue weighted by Crippen LogP contribution is 2.24. The van der Waals surface area contributed by atoms with Gasteiger partial charge in [0.05, 0.1) is 6.10 Å². The monoisotopic (exact) mass is 244 g/mol. The Hall–Kier alpha value is -1.32. The molecule has 1 aromatic carbocycles. The van der Waals surface area contributed by atoms with Crippen LogP contribution in [0.15, 0.2) is 30.5 Å². The van der Waals surface area contributed by atoms with E-state index in [2.05, 4.69) is 40.8 Å². The zero-order valence-electron chi connectivity index (χ0n) is 10.5. The molecule has 2 atom stereocenters. The van der Waals surface area contributed by atoms with Gasteiger partial charge in [-0.15, -0.1) is 0 Å². The minimum atomic E-state index is -0.0649. The molecule has 1 aromatic heterocycles. The van der Waals surface area contributed by atoms with Gasteiger partial charge in [0.2, 0.25) is 0 Å². The first-order valence-corrected chi connectivity index (χ1v) is 6.76. The number of nitrogens with one attached hydrogen (secondary N) is 2. The van der Waals surface area contributed by atoms with Crippen LogP contribution in [0, 0.1) is 5.92 Å². The number of aliphatic hydroxyl groups is 1. The zero-order chi connectivity index (χ0) is 12.4. The molecule has 3 N–H and O–H groups in total. The van der Waals surface area contributed by atoms with Crippen LogP contribution >= 0.6 is 0 Å². The third-order valence-corrected chi connectivity index (χ3v) is 3.94. The predicted octanol–water partition coefficient (Wildman–Crippen LogP) is 2.42. The number of para-hydroxylation sites is 1. The van der Waals surface area contributed by atoms with E-state index in [1.807, 2.05) is 0 Å². The van der Waals surface area contributed by atoms with Crippen LogP contribution in [0.25, 0.3) is 10.9 Å². The minimum Gasteiger partial charge on any atom is -0.393 e. The molecule has 3 nitrogen and oxygen atoms in total. The van der Waals surface area contributed by atoms with Crippen LogP contribution in [0.2, 0.25) is 0 Å². The lowest BCUT2D eigenvalue weighted by Gasteiger charge is -2.10. The molecule has 1 fully saturated rings. The van der Waals surface area contributed by atoms with E-state index in [1.54, 1.807) is 0 Å². The fraction of sp³-hybridized carbons (Fsp3) is 0.467. The van der Waals surface area contributed by atoms with Gasteiger partial charge < -0.3 is 15.4 Å². The Morgan fingerprint density at radius 2 is 2.17 bits per heavy atom. The number of rotatable bonds is 4. The van der Waals surface area contributed by atoms with Crippen molar-refractivity contribution in [3.8, 4) is 0 Å². The molecule has 2 unspecified atom stereocenters. The summed E-state index contributed by atoms with van der Waals surface area (Å²) < 4.78 is 0. The quantitative estimate of drug-likeness (QED) is 0.773. The number of benzene rings is 1. The Kier molecular flexibility index (Phi) is 3.35. The van der Waals surface area contributed by atoms with E-state index >= 15 is 0 Å². The highest BCUT2D eigenvalue weighted by molar-refractivity contribution is 5.82. The summed E-state index contributed by atoms with van der Waals surface area (Å²) in [7, 11) is 0. The van der Waals surface area contributed by atoms with Crippen LogP contribution in [0.5, 0.6) is 0 Å². The SMILES string of the molecule is OC1CCC(CNCc2c[nH]c3ccccc23)C1. The smallest absolute Gasteiger partial charge is 0.0543 e. The van der Waals surface area contributed by atoms with Gasteiger partial charge in [-0.3, -0.25) is 0 Å². The van der Waals surface area contributed by atoms with Gasteiger partial charge in [-0.25, -0.2) is 0 Å². The molecule has 0 bridgehead atoms. The van der Waals surface area contributed by atoms with E-state index in [-0.39, 0.29) is 6.10 Å². The summed E-state index contributed by atoms with van der Waals surface area (Å²) in [4.78, 5) is 3.29. The first-order chi connectivity index (χ1) is 8.83. The number of hydrogen-bond donors (Lipinski definition) is 3. The second-order valence-corrected chi connectivity index (χ2v) is 5.32. The van der Waals surface area contributed by atoms with Crippen molar-refractivity contribution in [2.24, 2.45) is 5.92 Å². The van der Waals surface area contributed by atoms with Crippen molar-refractivity contribution >= 4 is 10.9 Å². The molecule has 18 heavy (non-hydrogen) atoms. The van der Waals surface area contributed by atoms with Crippen molar-refractivity contribution in [3.05, 3.63) is 36.0 Å². The molecule has 3 rings (SSSR count). The molecule has 0 amide bonds. The number of aliphatic hydroxyl groups excluding tert-OH is 1. The van der Waals surface area contributed by atoms with Gasteiger partial charge in [-0.05, 0) is 43.4 Å². The molecule has 2 aromatic rings. The van der Waals surface area contributed by atoms with E-state index < -0.39 is 0 Å². The molecular weight excluding hydrogens is 224 g/mol. The van der Waals surface area contributed by atoms with Gasteiger partial charge in [0.15, 0.2) is 0 Å². The van der Waals surface area contributed by atoms with Gasteiger partial charge in [-0.1, -0.05) is 18.2 Å². The molecule has 0 saturated heterocycles. The van der Waals surface area contributed by atoms with Crippen molar-refractivity contribution in [2.45, 2.75) is 31.9 Å². The van der Waals surface area contributed by atoms with Gasteiger partial charge in [0, 0.05) is 23.6 Å². The second kappa shape index (κ2) is 5.12. The van der Waals surface area contributed by atoms with Crippen LogP contribution in [0.3, 0.4) is 0 Å². The standard InChI is InChI=1S/C15H20N2O/c18-13-6-5-11(7-13)8-16-9-12-10-17-15-4-2-1-3-14(12)15/h1-4,10-11,13,16-18H,5-9H2. The fourth-order valence-corrected chi connectivity index (χ4v) is 2.92. The van der Waals surface area contributed by atoms with Crippen molar-refractivity contribution < 1.29 is 5.11 Å². The molecule has 96 valence electrons. The minimum absolute atomic E-state index is 0.0649. The van der Waals surface area contributed by atoms with Crippen molar-refractivity contribution in [3.63, 3.8) is 0 Å². The van der Waals surface area contributed by atoms with E-state index in [1.165, 1.54) is 16.5 Å². The zero-order valence-corrected chi connectivity index (χ0v) is 10.5. The van der Waals surface area contributed by atoms with Gasteiger partial charge in [-0.2, -0.15) is 0 Å². The molecule has 1 saturated carbocycles. The van der Waals surface area contributed by atoms with Crippen molar-refractivity contribution in [1.29, 1.82) is 0 Å². The summed E-state index contributed by atoms with van der Waals surface area (Å²) in [6.45, 7) is 1.91. The molecule has 0 radical (unpaired) electrons. The van der Waals surface area contributed by atoms with Crippen LogP contribution in [-0.2, 0) is 6.54 Å². The average molecular weight is 244 g/mol. The summed E-state index contributed by atoms with van der Waals surface area (Å²) in [5.41, 5.74) is 2.52. The van der Waals surface area contributed by atoms with Crippen molar-refractivity contribution in [1.82, 2.24) is 10.3 Å². The molecule has 1 heterocycles. The Morgan fingerprint density at radius 1 is 1.28 bits per heavy atom. The number of aromatic nitrogens is 1. The highest BCUT2D eigenvalue weighted by atomic mass is 16.3. The number of H-pyrrole nitrogens is 1. The maximum absolute atomic E-state index is 9.49. The Balaban J connectivity index is 1.57. The summed E-state index contributed by atoms with van der Waals surface area (Å²) >= 11 is 0. The van der Waals surface area contributed by atoms with Crippen LogP contribution < -0.4 is 5.32 Å². The van der Waals surface area contributed by atoms with E-state index in [0.29, 0.717) is 5.92 Å². The Morgan fingerprint density at radius 3 is 3.00 bits per heavy atom. The van der Waals surface area contributed by atoms with Crippen LogP contribution in [0.4, 0.5) is 0 Å². The lowest BCUT2D eigenvalue weighted by molar-refractivity contribution is 0.177. The number of hydrogen-bond acceptors (Lipinski definition) is 2. The van der Waals surface area contributed by atoms with Gasteiger partial charge >= 0.3 is 0 Å². The highest BCUT2D eigenvalue weighted by Gasteiger charge is 2.22. The summed E-state index contributed by atoms with van der Waals surface area (Å²) in [5, 5.41) is 14.3. The second-order valence-electron chi connectivity index (χ2n) is 5.32. The number of fused-ring (bicyclic) bond motifs is 1. The molecule has 1 aliphatic rings. The molecule has 0 aliphatic heterocycles. The fourth-order valence-electron chi connectivity index (χ4n) is 2.92. The summed E-state index contributed by atoms with van der Waals surface area (Å²) in [5.74, 6) is 0.644. The lowest BCUT2D eigenvalue weighted by Crippen LogP contribution is -2.21. The van der Waals surface area contributed by atoms with E-state index in [0.717, 1.165) is 32.4 Å². The van der Waals surface area contributed by atoms with Crippen LogP contribution in [0.1, 0.15) is 24.8 Å². The summed E-state index contributed by atoms with van der Waals surface area (Å²) in [6.07, 6.45) is 5.11. The lowest BCUT2D eigenvalue weighted by atomic mass is 10.1. The molecule has 3 heteroatoms. The maximum atomic E-state index is 9.49. The van der Waals surface area contributed by atoms with E-state index in [9.17, 15) is 5.11 Å². The molecule has 1 aliphatic carbocycles. The van der Waals surface area contributed by atoms with Gasteiger partial charge in [0.25, 0.3) is 0 Å². The predicted molar refractivity (Wildman–Crippen MR) is 73.4 cm³/mol. The van der Waals surface area contributed by atoms with Gasteiger partial charge in [0.1, 0.15) is 0 Å². The average Bonchev–Trinajstić information content (AvgIpc) is 2.97. The molecule has 0 spiro atoms.